The fourth-order valence-electron chi connectivity index (χ4n) is 2.19. The zero-order valence-electron chi connectivity index (χ0n) is 11.2. The predicted molar refractivity (Wildman–Crippen MR) is 74.9 cm³/mol. The number of hydrogen-bond acceptors (Lipinski definition) is 2. The molecule has 0 amide bonds. The molecule has 0 aliphatic heterocycles. The van der Waals surface area contributed by atoms with Crippen molar-refractivity contribution in [2.45, 2.75) is 13.0 Å². The first kappa shape index (κ1) is 13.6. The van der Waals surface area contributed by atoms with Gasteiger partial charge in [0.25, 0.3) is 0 Å². The summed E-state index contributed by atoms with van der Waals surface area (Å²) >= 11 is 0. The van der Waals surface area contributed by atoms with Crippen molar-refractivity contribution < 1.29 is 9.13 Å². The number of halogens is 1. The summed E-state index contributed by atoms with van der Waals surface area (Å²) in [5.74, 6) is 0.570. The van der Waals surface area contributed by atoms with E-state index in [2.05, 4.69) is 5.32 Å². The molecule has 2 rings (SSSR count). The van der Waals surface area contributed by atoms with Gasteiger partial charge >= 0.3 is 0 Å². The van der Waals surface area contributed by atoms with Gasteiger partial charge in [0.15, 0.2) is 0 Å². The van der Waals surface area contributed by atoms with Crippen LogP contribution in [-0.2, 0) is 0 Å². The molecule has 1 atom stereocenters. The highest BCUT2D eigenvalue weighted by atomic mass is 19.1. The molecule has 0 aliphatic rings. The normalized spacial score (nSPS) is 12.2. The predicted octanol–water partition coefficient (Wildman–Crippen LogP) is 3.53. The van der Waals surface area contributed by atoms with Crippen LogP contribution in [0.5, 0.6) is 5.75 Å². The second-order valence-corrected chi connectivity index (χ2v) is 4.21. The van der Waals surface area contributed by atoms with Crippen molar-refractivity contribution in [1.82, 2.24) is 5.32 Å². The minimum atomic E-state index is -0.219. The van der Waals surface area contributed by atoms with Crippen LogP contribution in [0.1, 0.15) is 24.1 Å². The fourth-order valence-corrected chi connectivity index (χ4v) is 2.19. The van der Waals surface area contributed by atoms with Gasteiger partial charge in [-0.3, -0.25) is 0 Å². The molecule has 1 N–H and O–H groups in total. The molecule has 0 aliphatic carbocycles. The lowest BCUT2D eigenvalue weighted by Gasteiger charge is -2.20. The lowest BCUT2D eigenvalue weighted by molar-refractivity contribution is 0.334. The molecule has 0 saturated heterocycles. The summed E-state index contributed by atoms with van der Waals surface area (Å²) in [4.78, 5) is 0. The average Bonchev–Trinajstić information content (AvgIpc) is 2.44. The summed E-state index contributed by atoms with van der Waals surface area (Å²) in [5.41, 5.74) is 1.56. The van der Waals surface area contributed by atoms with Crippen molar-refractivity contribution >= 4 is 0 Å². The van der Waals surface area contributed by atoms with Gasteiger partial charge in [-0.15, -0.1) is 0 Å². The Kier molecular flexibility index (Phi) is 4.53. The number of nitrogens with one attached hydrogen (secondary N) is 1. The van der Waals surface area contributed by atoms with E-state index < -0.39 is 0 Å². The van der Waals surface area contributed by atoms with E-state index in [9.17, 15) is 4.39 Å². The summed E-state index contributed by atoms with van der Waals surface area (Å²) in [6, 6.07) is 14.3. The summed E-state index contributed by atoms with van der Waals surface area (Å²) < 4.78 is 19.6. The Morgan fingerprint density at radius 3 is 2.32 bits per heavy atom. The smallest absolute Gasteiger partial charge is 0.128 e. The molecule has 3 heteroatoms. The molecule has 0 fully saturated rings. The number of ether oxygens (including phenoxy) is 1. The Balaban J connectivity index is 2.45. The first-order valence-corrected chi connectivity index (χ1v) is 6.41. The molecular formula is C16H18FNO. The maximum absolute atomic E-state index is 13.9. The van der Waals surface area contributed by atoms with Crippen molar-refractivity contribution in [2.75, 3.05) is 13.7 Å². The van der Waals surface area contributed by atoms with E-state index in [0.29, 0.717) is 12.2 Å². The zero-order chi connectivity index (χ0) is 13.7. The van der Waals surface area contributed by atoms with Gasteiger partial charge in [0, 0.05) is 11.1 Å². The molecule has 2 nitrogen and oxygen atoms in total. The van der Waals surface area contributed by atoms with Crippen molar-refractivity contribution in [3.8, 4) is 5.75 Å². The number of para-hydroxylation sites is 1. The third-order valence-electron chi connectivity index (χ3n) is 3.03. The van der Waals surface area contributed by atoms with Gasteiger partial charge in [-0.2, -0.15) is 0 Å². The SMILES string of the molecule is CCOc1ccccc1C(NC)c1ccccc1F. The minimum absolute atomic E-state index is 0.215. The van der Waals surface area contributed by atoms with E-state index in [1.807, 2.05) is 44.3 Å². The highest BCUT2D eigenvalue weighted by Gasteiger charge is 2.19. The third-order valence-corrected chi connectivity index (χ3v) is 3.03. The second kappa shape index (κ2) is 6.34. The molecule has 0 aromatic heterocycles. The van der Waals surface area contributed by atoms with Gasteiger partial charge < -0.3 is 10.1 Å². The van der Waals surface area contributed by atoms with Crippen LogP contribution < -0.4 is 10.1 Å². The molecule has 100 valence electrons. The van der Waals surface area contributed by atoms with Crippen LogP contribution >= 0.6 is 0 Å². The highest BCUT2D eigenvalue weighted by Crippen LogP contribution is 2.30. The van der Waals surface area contributed by atoms with Gasteiger partial charge in [0.1, 0.15) is 11.6 Å². The zero-order valence-corrected chi connectivity index (χ0v) is 11.2. The van der Waals surface area contributed by atoms with Gasteiger partial charge in [0.2, 0.25) is 0 Å². The third kappa shape index (κ3) is 2.93. The van der Waals surface area contributed by atoms with Crippen molar-refractivity contribution in [2.24, 2.45) is 0 Å². The molecule has 0 spiro atoms. The van der Waals surface area contributed by atoms with E-state index in [-0.39, 0.29) is 11.9 Å². The molecule has 19 heavy (non-hydrogen) atoms. The first-order valence-electron chi connectivity index (χ1n) is 6.41. The molecule has 0 radical (unpaired) electrons. The molecule has 1 unspecified atom stereocenters. The van der Waals surface area contributed by atoms with E-state index in [1.165, 1.54) is 6.07 Å². The average molecular weight is 259 g/mol. The van der Waals surface area contributed by atoms with Crippen LogP contribution in [0.2, 0.25) is 0 Å². The monoisotopic (exact) mass is 259 g/mol. The van der Waals surface area contributed by atoms with E-state index >= 15 is 0 Å². The quantitative estimate of drug-likeness (QED) is 0.887. The number of rotatable bonds is 5. The molecule has 2 aromatic carbocycles. The molecular weight excluding hydrogens is 241 g/mol. The molecule has 0 heterocycles. The Morgan fingerprint density at radius 1 is 1.05 bits per heavy atom. The van der Waals surface area contributed by atoms with Crippen LogP contribution in [0.15, 0.2) is 48.5 Å². The number of hydrogen-bond donors (Lipinski definition) is 1. The van der Waals surface area contributed by atoms with Gasteiger partial charge in [-0.25, -0.2) is 4.39 Å². The lowest BCUT2D eigenvalue weighted by Crippen LogP contribution is -2.19. The van der Waals surface area contributed by atoms with Crippen molar-refractivity contribution in [1.29, 1.82) is 0 Å². The first-order chi connectivity index (χ1) is 9.27. The van der Waals surface area contributed by atoms with Crippen molar-refractivity contribution in [3.05, 3.63) is 65.5 Å². The van der Waals surface area contributed by atoms with Crippen LogP contribution in [0.4, 0.5) is 4.39 Å². The summed E-state index contributed by atoms with van der Waals surface area (Å²) in [5, 5.41) is 3.15. The standard InChI is InChI=1S/C16H18FNO/c1-3-19-15-11-7-5-9-13(15)16(18-2)12-8-4-6-10-14(12)17/h4-11,16,18H,3H2,1-2H3. The van der Waals surface area contributed by atoms with Crippen LogP contribution in [0, 0.1) is 5.82 Å². The Bertz CT molecular complexity index is 542. The highest BCUT2D eigenvalue weighted by molar-refractivity contribution is 5.41. The van der Waals surface area contributed by atoms with Crippen LogP contribution in [0.3, 0.4) is 0 Å². The summed E-state index contributed by atoms with van der Waals surface area (Å²) in [6.45, 7) is 2.53. The Hall–Kier alpha value is -1.87. The van der Waals surface area contributed by atoms with Gasteiger partial charge in [-0.1, -0.05) is 36.4 Å². The van der Waals surface area contributed by atoms with Crippen molar-refractivity contribution in [3.63, 3.8) is 0 Å². The summed E-state index contributed by atoms with van der Waals surface area (Å²) in [6.07, 6.45) is 0. The van der Waals surface area contributed by atoms with Gasteiger partial charge in [0.05, 0.1) is 12.6 Å². The molecule has 2 aromatic rings. The Morgan fingerprint density at radius 2 is 1.68 bits per heavy atom. The van der Waals surface area contributed by atoms with Crippen LogP contribution in [-0.4, -0.2) is 13.7 Å². The minimum Gasteiger partial charge on any atom is -0.494 e. The topological polar surface area (TPSA) is 21.3 Å². The summed E-state index contributed by atoms with van der Waals surface area (Å²) in [7, 11) is 1.82. The number of benzene rings is 2. The largest absolute Gasteiger partial charge is 0.494 e. The second-order valence-electron chi connectivity index (χ2n) is 4.21. The maximum Gasteiger partial charge on any atom is 0.128 e. The van der Waals surface area contributed by atoms with Crippen LogP contribution in [0.25, 0.3) is 0 Å². The Labute approximate surface area is 113 Å². The van der Waals surface area contributed by atoms with E-state index in [0.717, 1.165) is 11.3 Å². The van der Waals surface area contributed by atoms with E-state index in [1.54, 1.807) is 12.1 Å². The fraction of sp³-hybridized carbons (Fsp3) is 0.250. The maximum atomic E-state index is 13.9. The van der Waals surface area contributed by atoms with Gasteiger partial charge in [-0.05, 0) is 26.1 Å². The molecule has 0 bridgehead atoms. The lowest BCUT2D eigenvalue weighted by atomic mass is 9.97. The molecule has 0 saturated carbocycles. The van der Waals surface area contributed by atoms with E-state index in [4.69, 9.17) is 4.74 Å².